The Bertz CT molecular complexity index is 1360. The molecular formula is C29H30ClN3O6S. The lowest BCUT2D eigenvalue weighted by Gasteiger charge is -2.31. The van der Waals surface area contributed by atoms with Gasteiger partial charge in [0.25, 0.3) is 11.8 Å². The smallest absolute Gasteiger partial charge is 0.303 e. The molecule has 3 atom stereocenters. The van der Waals surface area contributed by atoms with Gasteiger partial charge in [0.1, 0.15) is 5.01 Å². The number of amides is 2. The lowest BCUT2D eigenvalue weighted by molar-refractivity contribution is -0.178. The van der Waals surface area contributed by atoms with Gasteiger partial charge in [0.05, 0.1) is 18.3 Å². The van der Waals surface area contributed by atoms with Crippen LogP contribution >= 0.6 is 22.9 Å². The van der Waals surface area contributed by atoms with Crippen LogP contribution in [0.25, 0.3) is 0 Å². The second kappa shape index (κ2) is 13.5. The van der Waals surface area contributed by atoms with Gasteiger partial charge in [-0.15, -0.1) is 11.3 Å². The number of nitrogens with one attached hydrogen (secondary N) is 1. The Balaban J connectivity index is 1.49. The molecule has 1 aliphatic heterocycles. The highest BCUT2D eigenvalue weighted by Gasteiger charge is 2.44. The Morgan fingerprint density at radius 1 is 1.02 bits per heavy atom. The average Bonchev–Trinajstić information content (AvgIpc) is 3.60. The van der Waals surface area contributed by atoms with Gasteiger partial charge in [0, 0.05) is 37.2 Å². The molecule has 1 aliphatic rings. The molecule has 0 spiro atoms. The second-order valence-corrected chi connectivity index (χ2v) is 10.7. The van der Waals surface area contributed by atoms with E-state index >= 15 is 0 Å². The summed E-state index contributed by atoms with van der Waals surface area (Å²) in [6.07, 6.45) is -1.33. The van der Waals surface area contributed by atoms with Crippen LogP contribution in [-0.4, -0.2) is 52.4 Å². The molecule has 1 fully saturated rings. The number of hydrogen-bond donors (Lipinski definition) is 1. The molecule has 1 saturated heterocycles. The van der Waals surface area contributed by atoms with Crippen LogP contribution in [0.2, 0.25) is 5.02 Å². The minimum Gasteiger partial charge on any atom is -0.448 e. The fourth-order valence-electron chi connectivity index (χ4n) is 4.68. The van der Waals surface area contributed by atoms with Crippen LogP contribution in [0.1, 0.15) is 54.6 Å². The van der Waals surface area contributed by atoms with E-state index in [0.29, 0.717) is 29.4 Å². The van der Waals surface area contributed by atoms with Crippen molar-refractivity contribution in [2.45, 2.75) is 57.9 Å². The number of carbonyl (C=O) groups is 4. The number of thiazole rings is 1. The summed E-state index contributed by atoms with van der Waals surface area (Å²) in [5.41, 5.74) is 2.64. The summed E-state index contributed by atoms with van der Waals surface area (Å²) in [6, 6.07) is 16.7. The standard InChI is InChI=1S/C29H30ClN3O6S/c1-18(34)38-26(28(36)31-16-25-32-22(17-40-25)15-21-11-6-7-12-23(21)30)27(39-19(2)35)29(37)33-14-8-13-24(33)20-9-4-3-5-10-20/h3-7,9-12,17,24,26-27H,8,13-16H2,1-2H3,(H,31,36)/t24?,26-,27-/m1/s1. The van der Waals surface area contributed by atoms with E-state index in [9.17, 15) is 19.2 Å². The monoisotopic (exact) mass is 583 g/mol. The third-order valence-electron chi connectivity index (χ3n) is 6.43. The van der Waals surface area contributed by atoms with E-state index in [1.165, 1.54) is 11.3 Å². The molecule has 1 N–H and O–H groups in total. The van der Waals surface area contributed by atoms with E-state index in [1.807, 2.05) is 60.0 Å². The number of esters is 2. The van der Waals surface area contributed by atoms with Crippen LogP contribution in [0.3, 0.4) is 0 Å². The number of benzene rings is 2. The van der Waals surface area contributed by atoms with Crippen LogP contribution in [0.4, 0.5) is 0 Å². The molecule has 1 aromatic heterocycles. The highest BCUT2D eigenvalue weighted by atomic mass is 35.5. The molecule has 1 unspecified atom stereocenters. The fraction of sp³-hybridized carbons (Fsp3) is 0.345. The number of nitrogens with zero attached hydrogens (tertiary/aromatic N) is 2. The Morgan fingerprint density at radius 3 is 2.40 bits per heavy atom. The molecule has 3 aromatic rings. The van der Waals surface area contributed by atoms with Gasteiger partial charge in [-0.1, -0.05) is 60.1 Å². The van der Waals surface area contributed by atoms with E-state index in [1.54, 1.807) is 4.90 Å². The molecule has 0 radical (unpaired) electrons. The summed E-state index contributed by atoms with van der Waals surface area (Å²) in [4.78, 5) is 57.1. The largest absolute Gasteiger partial charge is 0.448 e. The van der Waals surface area contributed by atoms with Crippen molar-refractivity contribution >= 4 is 46.7 Å². The SMILES string of the molecule is CC(=O)O[C@@H](C(=O)NCc1nc(Cc2ccccc2Cl)cs1)[C@@H](OC(C)=O)C(=O)N1CCCC1c1ccccc1. The summed E-state index contributed by atoms with van der Waals surface area (Å²) in [6.45, 7) is 2.71. The normalized spacial score (nSPS) is 16.2. The minimum absolute atomic E-state index is 0.0289. The third kappa shape index (κ3) is 7.45. The van der Waals surface area contributed by atoms with Crippen LogP contribution in [0.5, 0.6) is 0 Å². The topological polar surface area (TPSA) is 115 Å². The summed E-state index contributed by atoms with van der Waals surface area (Å²) < 4.78 is 10.6. The zero-order valence-electron chi connectivity index (χ0n) is 22.2. The van der Waals surface area contributed by atoms with Gasteiger partial charge < -0.3 is 19.7 Å². The Labute approximate surface area is 241 Å². The Kier molecular flexibility index (Phi) is 9.89. The van der Waals surface area contributed by atoms with Crippen molar-refractivity contribution in [1.29, 1.82) is 0 Å². The molecule has 2 amide bonds. The van der Waals surface area contributed by atoms with Gasteiger partial charge in [-0.3, -0.25) is 19.2 Å². The summed E-state index contributed by atoms with van der Waals surface area (Å²) in [7, 11) is 0. The molecule has 2 aromatic carbocycles. The van der Waals surface area contributed by atoms with Gasteiger partial charge in [0.2, 0.25) is 12.2 Å². The number of aromatic nitrogens is 1. The van der Waals surface area contributed by atoms with E-state index in [4.69, 9.17) is 21.1 Å². The minimum atomic E-state index is -1.67. The van der Waals surface area contributed by atoms with Gasteiger partial charge >= 0.3 is 11.9 Å². The number of halogens is 1. The van der Waals surface area contributed by atoms with Crippen molar-refractivity contribution in [2.75, 3.05) is 6.54 Å². The highest BCUT2D eigenvalue weighted by molar-refractivity contribution is 7.09. The van der Waals surface area contributed by atoms with Crippen LogP contribution in [0.15, 0.2) is 60.0 Å². The lowest BCUT2D eigenvalue weighted by atomic mass is 10.0. The van der Waals surface area contributed by atoms with Crippen molar-refractivity contribution in [3.8, 4) is 0 Å². The van der Waals surface area contributed by atoms with E-state index in [-0.39, 0.29) is 12.6 Å². The molecule has 4 rings (SSSR count). The lowest BCUT2D eigenvalue weighted by Crippen LogP contribution is -2.53. The zero-order chi connectivity index (χ0) is 28.6. The van der Waals surface area contributed by atoms with Crippen molar-refractivity contribution in [3.63, 3.8) is 0 Å². The first kappa shape index (κ1) is 29.2. The molecule has 0 aliphatic carbocycles. The van der Waals surface area contributed by atoms with Crippen LogP contribution in [-0.2, 0) is 41.6 Å². The Hall–Kier alpha value is -3.76. The molecule has 40 heavy (non-hydrogen) atoms. The maximum atomic E-state index is 13.7. The number of carbonyl (C=O) groups excluding carboxylic acids is 4. The summed E-state index contributed by atoms with van der Waals surface area (Å²) in [5, 5.41) is 5.80. The zero-order valence-corrected chi connectivity index (χ0v) is 23.7. The average molecular weight is 584 g/mol. The molecule has 0 bridgehead atoms. The molecule has 9 nitrogen and oxygen atoms in total. The maximum absolute atomic E-state index is 13.7. The number of likely N-dealkylation sites (tertiary alicyclic amines) is 1. The number of rotatable bonds is 10. The van der Waals surface area contributed by atoms with Crippen LogP contribution in [0, 0.1) is 0 Å². The second-order valence-electron chi connectivity index (χ2n) is 9.38. The summed E-state index contributed by atoms with van der Waals surface area (Å²) >= 11 is 7.60. The van der Waals surface area contributed by atoms with Crippen molar-refractivity contribution in [2.24, 2.45) is 0 Å². The highest BCUT2D eigenvalue weighted by Crippen LogP contribution is 2.33. The molecule has 0 saturated carbocycles. The molecule has 11 heteroatoms. The van der Waals surface area contributed by atoms with Crippen LogP contribution < -0.4 is 5.32 Å². The first-order valence-corrected chi connectivity index (χ1v) is 14.1. The van der Waals surface area contributed by atoms with Crippen molar-refractivity contribution in [3.05, 3.63) is 86.8 Å². The van der Waals surface area contributed by atoms with Crippen molar-refractivity contribution in [1.82, 2.24) is 15.2 Å². The number of hydrogen-bond acceptors (Lipinski definition) is 8. The van der Waals surface area contributed by atoms with E-state index in [0.717, 1.165) is 37.1 Å². The van der Waals surface area contributed by atoms with Gasteiger partial charge in [-0.2, -0.15) is 0 Å². The van der Waals surface area contributed by atoms with Crippen molar-refractivity contribution < 1.29 is 28.7 Å². The first-order valence-electron chi connectivity index (χ1n) is 12.9. The van der Waals surface area contributed by atoms with E-state index < -0.39 is 36.0 Å². The third-order valence-corrected chi connectivity index (χ3v) is 7.69. The number of ether oxygens (including phenoxy) is 2. The van der Waals surface area contributed by atoms with Gasteiger partial charge in [0.15, 0.2) is 0 Å². The maximum Gasteiger partial charge on any atom is 0.303 e. The quantitative estimate of drug-likeness (QED) is 0.355. The molecule has 2 heterocycles. The molecular weight excluding hydrogens is 554 g/mol. The fourth-order valence-corrected chi connectivity index (χ4v) is 5.62. The predicted octanol–water partition coefficient (Wildman–Crippen LogP) is 4.23. The van der Waals surface area contributed by atoms with Gasteiger partial charge in [-0.25, -0.2) is 4.98 Å². The first-order chi connectivity index (χ1) is 19.2. The summed E-state index contributed by atoms with van der Waals surface area (Å²) in [5.74, 6) is -2.93. The van der Waals surface area contributed by atoms with Gasteiger partial charge in [-0.05, 0) is 30.0 Å². The molecule has 210 valence electrons. The Morgan fingerprint density at radius 2 is 1.70 bits per heavy atom. The van der Waals surface area contributed by atoms with E-state index in [2.05, 4.69) is 10.3 Å². The predicted molar refractivity (Wildman–Crippen MR) is 149 cm³/mol.